The number of ether oxygens (including phenoxy) is 1. The molecule has 0 fully saturated rings. The molecular weight excluding hydrogens is 202 g/mol. The summed E-state index contributed by atoms with van der Waals surface area (Å²) in [6.07, 6.45) is 5.96. The molecule has 0 unspecified atom stereocenters. The van der Waals surface area contributed by atoms with E-state index in [1.807, 2.05) is 18.5 Å². The second-order valence-corrected chi connectivity index (χ2v) is 4.04. The Morgan fingerprint density at radius 2 is 2.19 bits per heavy atom. The molecule has 16 heavy (non-hydrogen) atoms. The third-order valence-corrected chi connectivity index (χ3v) is 2.61. The maximum atomic E-state index is 11.4. The van der Waals surface area contributed by atoms with Gasteiger partial charge in [0.05, 0.1) is 13.0 Å². The summed E-state index contributed by atoms with van der Waals surface area (Å²) in [5.41, 5.74) is 2.34. The number of aromatic nitrogens is 1. The number of nitrogens with zero attached hydrogens (tertiary/aromatic N) is 1. The van der Waals surface area contributed by atoms with Crippen molar-refractivity contribution in [1.29, 1.82) is 0 Å². The number of hydrogen-bond donors (Lipinski definition) is 0. The van der Waals surface area contributed by atoms with Crippen molar-refractivity contribution in [1.82, 2.24) is 4.57 Å². The maximum Gasteiger partial charge on any atom is 0.311 e. The monoisotopic (exact) mass is 223 g/mol. The highest BCUT2D eigenvalue weighted by atomic mass is 16.5. The fourth-order valence-electron chi connectivity index (χ4n) is 1.74. The predicted molar refractivity (Wildman–Crippen MR) is 64.4 cm³/mol. The highest BCUT2D eigenvalue weighted by Crippen LogP contribution is 2.11. The summed E-state index contributed by atoms with van der Waals surface area (Å²) in [5, 5.41) is 0. The quantitative estimate of drug-likeness (QED) is 0.694. The summed E-state index contributed by atoms with van der Waals surface area (Å²) in [7, 11) is 1.98. The van der Waals surface area contributed by atoms with Crippen LogP contribution in [0.1, 0.15) is 37.9 Å². The van der Waals surface area contributed by atoms with E-state index >= 15 is 0 Å². The first-order chi connectivity index (χ1) is 7.67. The molecule has 0 atom stereocenters. The Hall–Kier alpha value is -1.25. The molecule has 1 aromatic heterocycles. The third kappa shape index (κ3) is 3.72. The first-order valence-electron chi connectivity index (χ1n) is 5.97. The average molecular weight is 223 g/mol. The molecule has 0 aliphatic heterocycles. The van der Waals surface area contributed by atoms with Crippen molar-refractivity contribution in [2.75, 3.05) is 6.61 Å². The number of hydrogen-bond acceptors (Lipinski definition) is 2. The van der Waals surface area contributed by atoms with Crippen LogP contribution >= 0.6 is 0 Å². The summed E-state index contributed by atoms with van der Waals surface area (Å²) in [5.74, 6) is -0.147. The van der Waals surface area contributed by atoms with Crippen molar-refractivity contribution < 1.29 is 9.53 Å². The van der Waals surface area contributed by atoms with Gasteiger partial charge in [-0.05, 0) is 31.4 Å². The normalized spacial score (nSPS) is 10.4. The molecule has 1 heterocycles. The lowest BCUT2D eigenvalue weighted by Gasteiger charge is -2.02. The van der Waals surface area contributed by atoms with E-state index in [1.54, 1.807) is 0 Å². The molecule has 0 aliphatic rings. The largest absolute Gasteiger partial charge is 0.466 e. The standard InChI is InChI=1S/C13H21NO2/c1-4-6-7-11-8-12(14(3)10-11)9-13(15)16-5-2/h8,10H,4-7,9H2,1-3H3. The van der Waals surface area contributed by atoms with E-state index in [4.69, 9.17) is 4.74 Å². The van der Waals surface area contributed by atoms with Crippen LogP contribution in [0, 0.1) is 0 Å². The minimum Gasteiger partial charge on any atom is -0.466 e. The summed E-state index contributed by atoms with van der Waals surface area (Å²) in [6.45, 7) is 4.46. The SMILES string of the molecule is CCCCc1cc(CC(=O)OCC)n(C)c1. The first kappa shape index (κ1) is 12.8. The molecule has 1 rings (SSSR count). The van der Waals surface area contributed by atoms with Gasteiger partial charge in [-0.25, -0.2) is 0 Å². The van der Waals surface area contributed by atoms with Gasteiger partial charge in [-0.1, -0.05) is 13.3 Å². The molecule has 0 amide bonds. The van der Waals surface area contributed by atoms with Crippen LogP contribution in [-0.2, 0) is 29.4 Å². The van der Waals surface area contributed by atoms with E-state index in [0.29, 0.717) is 13.0 Å². The topological polar surface area (TPSA) is 31.2 Å². The van der Waals surface area contributed by atoms with Crippen LogP contribution in [0.25, 0.3) is 0 Å². The smallest absolute Gasteiger partial charge is 0.311 e. The van der Waals surface area contributed by atoms with E-state index < -0.39 is 0 Å². The number of esters is 1. The van der Waals surface area contributed by atoms with Crippen LogP contribution in [-0.4, -0.2) is 17.1 Å². The summed E-state index contributed by atoms with van der Waals surface area (Å²) < 4.78 is 6.95. The third-order valence-electron chi connectivity index (χ3n) is 2.61. The summed E-state index contributed by atoms with van der Waals surface area (Å²) in [4.78, 5) is 11.4. The molecule has 3 heteroatoms. The highest BCUT2D eigenvalue weighted by Gasteiger charge is 2.08. The predicted octanol–water partition coefficient (Wildman–Crippen LogP) is 2.47. The van der Waals surface area contributed by atoms with Gasteiger partial charge in [-0.15, -0.1) is 0 Å². The molecule has 1 aromatic rings. The summed E-state index contributed by atoms with van der Waals surface area (Å²) >= 11 is 0. The minimum atomic E-state index is -0.147. The molecule has 0 saturated heterocycles. The van der Waals surface area contributed by atoms with Crippen LogP contribution in [0.4, 0.5) is 0 Å². The molecule has 90 valence electrons. The maximum absolute atomic E-state index is 11.4. The molecule has 0 radical (unpaired) electrons. The van der Waals surface area contributed by atoms with Gasteiger partial charge in [-0.2, -0.15) is 0 Å². The Kier molecular flexibility index (Phi) is 5.09. The fraction of sp³-hybridized carbons (Fsp3) is 0.615. The first-order valence-corrected chi connectivity index (χ1v) is 5.97. The Balaban J connectivity index is 2.59. The molecule has 3 nitrogen and oxygen atoms in total. The molecule has 0 aromatic carbocycles. The van der Waals surface area contributed by atoms with Crippen molar-refractivity contribution in [3.8, 4) is 0 Å². The van der Waals surface area contributed by atoms with Gasteiger partial charge >= 0.3 is 5.97 Å². The number of unbranched alkanes of at least 4 members (excludes halogenated alkanes) is 1. The number of rotatable bonds is 6. The number of carbonyl (C=O) groups excluding carboxylic acids is 1. The molecule has 0 bridgehead atoms. The van der Waals surface area contributed by atoms with E-state index in [-0.39, 0.29) is 5.97 Å². The molecule has 0 saturated carbocycles. The van der Waals surface area contributed by atoms with Crippen molar-refractivity contribution in [3.63, 3.8) is 0 Å². The highest BCUT2D eigenvalue weighted by molar-refractivity contribution is 5.72. The van der Waals surface area contributed by atoms with Gasteiger partial charge in [0.25, 0.3) is 0 Å². The Morgan fingerprint density at radius 1 is 1.44 bits per heavy atom. The Labute approximate surface area is 97.4 Å². The van der Waals surface area contributed by atoms with E-state index in [1.165, 1.54) is 18.4 Å². The van der Waals surface area contributed by atoms with Gasteiger partial charge in [0.2, 0.25) is 0 Å². The van der Waals surface area contributed by atoms with Crippen molar-refractivity contribution in [3.05, 3.63) is 23.5 Å². The van der Waals surface area contributed by atoms with Gasteiger partial charge in [0.1, 0.15) is 0 Å². The lowest BCUT2D eigenvalue weighted by molar-refractivity contribution is -0.142. The fourth-order valence-corrected chi connectivity index (χ4v) is 1.74. The zero-order valence-electron chi connectivity index (χ0n) is 10.5. The lowest BCUT2D eigenvalue weighted by Crippen LogP contribution is -2.09. The van der Waals surface area contributed by atoms with Crippen LogP contribution in [0.2, 0.25) is 0 Å². The Bertz CT molecular complexity index is 342. The van der Waals surface area contributed by atoms with Gasteiger partial charge < -0.3 is 9.30 Å². The zero-order valence-corrected chi connectivity index (χ0v) is 10.5. The molecule has 0 N–H and O–H groups in total. The summed E-state index contributed by atoms with van der Waals surface area (Å²) in [6, 6.07) is 2.10. The van der Waals surface area contributed by atoms with E-state index in [2.05, 4.69) is 19.2 Å². The Morgan fingerprint density at radius 3 is 2.81 bits per heavy atom. The van der Waals surface area contributed by atoms with Crippen molar-refractivity contribution >= 4 is 5.97 Å². The van der Waals surface area contributed by atoms with Gasteiger partial charge in [0, 0.05) is 18.9 Å². The van der Waals surface area contributed by atoms with E-state index in [0.717, 1.165) is 12.1 Å². The van der Waals surface area contributed by atoms with Gasteiger partial charge in [-0.3, -0.25) is 4.79 Å². The van der Waals surface area contributed by atoms with Gasteiger partial charge in [0.15, 0.2) is 0 Å². The minimum absolute atomic E-state index is 0.147. The molecule has 0 spiro atoms. The second-order valence-electron chi connectivity index (χ2n) is 4.04. The molecular formula is C13H21NO2. The number of aryl methyl sites for hydroxylation is 2. The van der Waals surface area contributed by atoms with Crippen molar-refractivity contribution in [2.45, 2.75) is 39.5 Å². The van der Waals surface area contributed by atoms with E-state index in [9.17, 15) is 4.79 Å². The van der Waals surface area contributed by atoms with Crippen LogP contribution in [0.5, 0.6) is 0 Å². The van der Waals surface area contributed by atoms with Crippen LogP contribution < -0.4 is 0 Å². The second kappa shape index (κ2) is 6.36. The number of carbonyl (C=O) groups is 1. The lowest BCUT2D eigenvalue weighted by atomic mass is 10.1. The van der Waals surface area contributed by atoms with Crippen LogP contribution in [0.3, 0.4) is 0 Å². The van der Waals surface area contributed by atoms with Crippen LogP contribution in [0.15, 0.2) is 12.3 Å². The molecule has 0 aliphatic carbocycles. The van der Waals surface area contributed by atoms with Crippen molar-refractivity contribution in [2.24, 2.45) is 7.05 Å². The zero-order chi connectivity index (χ0) is 12.0. The average Bonchev–Trinajstić information content (AvgIpc) is 2.57.